The Kier molecular flexibility index (Phi) is 10.7. The number of Topliss-reactive ketones (excluding diaryl/α,β-unsaturated/α-hetero) is 1. The number of carbonyl (C=O) groups excluding carboxylic acids is 4. The van der Waals surface area contributed by atoms with E-state index in [0.717, 1.165) is 16.7 Å². The summed E-state index contributed by atoms with van der Waals surface area (Å²) in [6.07, 6.45) is 0.586. The number of amides is 2. The van der Waals surface area contributed by atoms with Crippen LogP contribution in [0.4, 0.5) is 5.69 Å². The Morgan fingerprint density at radius 2 is 1.57 bits per heavy atom. The Labute approximate surface area is 243 Å². The molecule has 0 radical (unpaired) electrons. The monoisotopic (exact) mass is 583 g/mol. The van der Waals surface area contributed by atoms with E-state index in [-0.39, 0.29) is 40.3 Å². The lowest BCUT2D eigenvalue weighted by Gasteiger charge is -2.20. The fraction of sp³-hybridized carbons (Fsp3) is 0.267. The summed E-state index contributed by atoms with van der Waals surface area (Å²) in [4.78, 5) is 51.2. The molecule has 3 aromatic rings. The number of nitrogens with zero attached hydrogens (tertiary/aromatic N) is 1. The number of nitrogen functional groups attached to an aromatic ring is 1. The Bertz CT molecular complexity index is 1370. The molecule has 0 aliphatic rings. The van der Waals surface area contributed by atoms with Gasteiger partial charge in [-0.1, -0.05) is 59.6 Å². The number of nitrogens with one attached hydrogen (secondary N) is 1. The van der Waals surface area contributed by atoms with Crippen LogP contribution in [0, 0.1) is 0 Å². The molecule has 3 N–H and O–H groups in total. The number of halogens is 2. The lowest BCUT2D eigenvalue weighted by molar-refractivity contribution is -0.149. The molecule has 0 bridgehead atoms. The highest BCUT2D eigenvalue weighted by Gasteiger charge is 2.26. The fourth-order valence-electron chi connectivity index (χ4n) is 4.03. The predicted molar refractivity (Wildman–Crippen MR) is 156 cm³/mol. The summed E-state index contributed by atoms with van der Waals surface area (Å²) in [5, 5.41) is 3.02. The van der Waals surface area contributed by atoms with Crippen molar-refractivity contribution in [2.45, 2.75) is 45.4 Å². The molecule has 0 spiro atoms. The van der Waals surface area contributed by atoms with Crippen LogP contribution >= 0.6 is 23.2 Å². The van der Waals surface area contributed by atoms with Gasteiger partial charge in [-0.3, -0.25) is 14.4 Å². The van der Waals surface area contributed by atoms with Gasteiger partial charge >= 0.3 is 5.97 Å². The molecule has 2 amide bonds. The second-order valence-electron chi connectivity index (χ2n) is 9.67. The molecular weight excluding hydrogens is 553 g/mol. The molecule has 0 unspecified atom stereocenters. The average molecular weight is 585 g/mol. The highest BCUT2D eigenvalue weighted by Crippen LogP contribution is 2.24. The van der Waals surface area contributed by atoms with Gasteiger partial charge in [0.1, 0.15) is 6.04 Å². The lowest BCUT2D eigenvalue weighted by Crippen LogP contribution is -2.44. The molecule has 0 saturated carbocycles. The van der Waals surface area contributed by atoms with Crippen molar-refractivity contribution < 1.29 is 23.9 Å². The van der Waals surface area contributed by atoms with E-state index in [4.69, 9.17) is 33.7 Å². The van der Waals surface area contributed by atoms with Gasteiger partial charge in [0.2, 0.25) is 6.41 Å². The Morgan fingerprint density at radius 1 is 0.975 bits per heavy atom. The largest absolute Gasteiger partial charge is 0.461 e. The van der Waals surface area contributed by atoms with E-state index in [1.54, 1.807) is 69.4 Å². The number of benzene rings is 3. The number of hydrogen-bond donors (Lipinski definition) is 2. The molecule has 10 heteroatoms. The minimum Gasteiger partial charge on any atom is -0.461 e. The standard InChI is InChI=1S/C30H31Cl2N3O5/c1-18(2)40-30(39)26(34-29(38)28-23(31)5-4-6-24(28)32)14-19-7-9-20(10-8-19)15-27(37)22-13-21(11-12-25(22)33)16-35(3)17-36/h4-13,17-18,26H,14-16,33H2,1-3H3,(H,34,38)/t26-/m0/s1. The molecule has 0 heterocycles. The first-order valence-electron chi connectivity index (χ1n) is 12.6. The van der Waals surface area contributed by atoms with E-state index >= 15 is 0 Å². The summed E-state index contributed by atoms with van der Waals surface area (Å²) in [5.74, 6) is -1.35. The van der Waals surface area contributed by atoms with Gasteiger partial charge in [0.15, 0.2) is 5.78 Å². The van der Waals surface area contributed by atoms with Gasteiger partial charge < -0.3 is 20.7 Å². The van der Waals surface area contributed by atoms with E-state index < -0.39 is 17.9 Å². The number of anilines is 1. The van der Waals surface area contributed by atoms with E-state index in [1.165, 1.54) is 17.0 Å². The number of carbonyl (C=O) groups is 4. The van der Waals surface area contributed by atoms with Gasteiger partial charge in [-0.25, -0.2) is 4.79 Å². The Balaban J connectivity index is 1.74. The highest BCUT2D eigenvalue weighted by atomic mass is 35.5. The number of nitrogens with two attached hydrogens (primary N) is 1. The normalized spacial score (nSPS) is 11.6. The lowest BCUT2D eigenvalue weighted by atomic mass is 9.97. The van der Waals surface area contributed by atoms with Crippen LogP contribution in [0.1, 0.15) is 51.3 Å². The summed E-state index contributed by atoms with van der Waals surface area (Å²) in [6.45, 7) is 3.80. The summed E-state index contributed by atoms with van der Waals surface area (Å²) >= 11 is 12.3. The summed E-state index contributed by atoms with van der Waals surface area (Å²) in [7, 11) is 1.65. The van der Waals surface area contributed by atoms with E-state index in [9.17, 15) is 19.2 Å². The van der Waals surface area contributed by atoms with Crippen molar-refractivity contribution in [3.8, 4) is 0 Å². The average Bonchev–Trinajstić information content (AvgIpc) is 2.89. The maximum Gasteiger partial charge on any atom is 0.329 e. The second-order valence-corrected chi connectivity index (χ2v) is 10.5. The van der Waals surface area contributed by atoms with Crippen LogP contribution in [-0.2, 0) is 33.7 Å². The van der Waals surface area contributed by atoms with Gasteiger partial charge in [0.05, 0.1) is 21.7 Å². The molecule has 0 fully saturated rings. The van der Waals surface area contributed by atoms with Crippen molar-refractivity contribution >= 4 is 53.0 Å². The SMILES string of the molecule is CC(C)OC(=O)[C@H](Cc1ccc(CC(=O)c2cc(CN(C)C=O)ccc2N)cc1)NC(=O)c1c(Cl)cccc1Cl. The van der Waals surface area contributed by atoms with Crippen LogP contribution in [0.15, 0.2) is 60.7 Å². The van der Waals surface area contributed by atoms with Crippen molar-refractivity contribution in [2.24, 2.45) is 0 Å². The van der Waals surface area contributed by atoms with Crippen molar-refractivity contribution in [1.29, 1.82) is 0 Å². The topological polar surface area (TPSA) is 119 Å². The van der Waals surface area contributed by atoms with Crippen LogP contribution in [0.5, 0.6) is 0 Å². The zero-order valence-corrected chi connectivity index (χ0v) is 24.0. The first-order valence-corrected chi connectivity index (χ1v) is 13.3. The molecule has 0 saturated heterocycles. The molecule has 3 aromatic carbocycles. The van der Waals surface area contributed by atoms with Gasteiger partial charge in [0.25, 0.3) is 5.91 Å². The highest BCUT2D eigenvalue weighted by molar-refractivity contribution is 6.39. The van der Waals surface area contributed by atoms with Gasteiger partial charge in [-0.05, 0) is 54.8 Å². The quantitative estimate of drug-likeness (QED) is 0.136. The van der Waals surface area contributed by atoms with Crippen LogP contribution in [0.2, 0.25) is 10.0 Å². The summed E-state index contributed by atoms with van der Waals surface area (Å²) in [5.41, 5.74) is 9.15. The third-order valence-electron chi connectivity index (χ3n) is 5.99. The summed E-state index contributed by atoms with van der Waals surface area (Å²) in [6, 6.07) is 16.0. The van der Waals surface area contributed by atoms with Crippen molar-refractivity contribution in [3.05, 3.63) is 98.5 Å². The molecule has 0 aliphatic heterocycles. The molecular formula is C30H31Cl2N3O5. The minimum atomic E-state index is -0.998. The number of ketones is 1. The van der Waals surface area contributed by atoms with Crippen LogP contribution in [0.3, 0.4) is 0 Å². The zero-order chi connectivity index (χ0) is 29.4. The van der Waals surface area contributed by atoms with E-state index in [0.29, 0.717) is 24.2 Å². The number of esters is 1. The molecule has 0 aliphatic carbocycles. The van der Waals surface area contributed by atoms with Crippen molar-refractivity contribution in [3.63, 3.8) is 0 Å². The smallest absolute Gasteiger partial charge is 0.329 e. The zero-order valence-electron chi connectivity index (χ0n) is 22.4. The maximum absolute atomic E-state index is 13.0. The molecule has 210 valence electrons. The fourth-order valence-corrected chi connectivity index (χ4v) is 4.60. The molecule has 3 rings (SSSR count). The van der Waals surface area contributed by atoms with Crippen LogP contribution in [-0.4, -0.2) is 48.2 Å². The number of rotatable bonds is 12. The van der Waals surface area contributed by atoms with Gasteiger partial charge in [0, 0.05) is 37.7 Å². The number of hydrogen-bond acceptors (Lipinski definition) is 6. The van der Waals surface area contributed by atoms with Crippen molar-refractivity contribution in [1.82, 2.24) is 10.2 Å². The van der Waals surface area contributed by atoms with Crippen LogP contribution in [0.25, 0.3) is 0 Å². The Morgan fingerprint density at radius 3 is 2.17 bits per heavy atom. The first kappa shape index (κ1) is 30.7. The molecule has 40 heavy (non-hydrogen) atoms. The molecule has 8 nitrogen and oxygen atoms in total. The third-order valence-corrected chi connectivity index (χ3v) is 6.62. The predicted octanol–water partition coefficient (Wildman–Crippen LogP) is 4.88. The Hall–Kier alpha value is -3.88. The third kappa shape index (κ3) is 8.31. The number of ether oxygens (including phenoxy) is 1. The van der Waals surface area contributed by atoms with Crippen molar-refractivity contribution in [2.75, 3.05) is 12.8 Å². The minimum absolute atomic E-state index is 0.0724. The maximum atomic E-state index is 13.0. The van der Waals surface area contributed by atoms with Gasteiger partial charge in [-0.2, -0.15) is 0 Å². The molecule has 0 aromatic heterocycles. The second kappa shape index (κ2) is 14.0. The molecule has 1 atom stereocenters. The first-order chi connectivity index (χ1) is 19.0. The van der Waals surface area contributed by atoms with Gasteiger partial charge in [-0.15, -0.1) is 0 Å². The van der Waals surface area contributed by atoms with E-state index in [1.807, 2.05) is 0 Å². The van der Waals surface area contributed by atoms with E-state index in [2.05, 4.69) is 5.32 Å². The van der Waals surface area contributed by atoms with Crippen LogP contribution < -0.4 is 11.1 Å². The summed E-state index contributed by atoms with van der Waals surface area (Å²) < 4.78 is 5.36.